The van der Waals surface area contributed by atoms with Crippen LogP contribution in [0.15, 0.2) is 23.3 Å². The van der Waals surface area contributed by atoms with Crippen LogP contribution in [0, 0.1) is 11.8 Å². The lowest BCUT2D eigenvalue weighted by Gasteiger charge is -2.33. The number of guanidine groups is 1. The van der Waals surface area contributed by atoms with Crippen LogP contribution in [0.25, 0.3) is 0 Å². The number of carbonyl (C=O) groups is 1. The van der Waals surface area contributed by atoms with Crippen LogP contribution in [0.5, 0.6) is 0 Å². The van der Waals surface area contributed by atoms with Crippen molar-refractivity contribution in [3.8, 4) is 0 Å². The van der Waals surface area contributed by atoms with Crippen LogP contribution in [-0.4, -0.2) is 43.0 Å². The summed E-state index contributed by atoms with van der Waals surface area (Å²) in [6.45, 7) is 10.4. The first-order valence-corrected chi connectivity index (χ1v) is 11.0. The minimum Gasteiger partial charge on any atom is -0.369 e. The van der Waals surface area contributed by atoms with Gasteiger partial charge in [-0.05, 0) is 38.2 Å². The summed E-state index contributed by atoms with van der Waals surface area (Å²) >= 11 is 0. The van der Waals surface area contributed by atoms with Gasteiger partial charge < -0.3 is 21.3 Å². The summed E-state index contributed by atoms with van der Waals surface area (Å²) in [5.74, 6) is 2.17. The lowest BCUT2D eigenvalue weighted by molar-refractivity contribution is -0.122. The minimum atomic E-state index is -0.221. The van der Waals surface area contributed by atoms with Gasteiger partial charge in [-0.25, -0.2) is 9.98 Å². The van der Waals surface area contributed by atoms with Gasteiger partial charge in [-0.3, -0.25) is 4.79 Å². The number of unbranched alkanes of at least 4 members (excludes halogenated alkanes) is 1. The van der Waals surface area contributed by atoms with E-state index in [0.717, 1.165) is 62.2 Å². The molecule has 1 atom stereocenters. The molecule has 1 aliphatic heterocycles. The van der Waals surface area contributed by atoms with E-state index >= 15 is 0 Å². The molecule has 7 nitrogen and oxygen atoms in total. The summed E-state index contributed by atoms with van der Waals surface area (Å²) in [4.78, 5) is 23.1. The zero-order valence-electron chi connectivity index (χ0n) is 18.3. The average molecular weight is 403 g/mol. The summed E-state index contributed by atoms with van der Waals surface area (Å²) < 4.78 is 0. The molecule has 7 heteroatoms. The highest BCUT2D eigenvalue weighted by atomic mass is 16.1. The van der Waals surface area contributed by atoms with Crippen molar-refractivity contribution in [3.05, 3.63) is 23.9 Å². The van der Waals surface area contributed by atoms with Crippen LogP contribution in [0.3, 0.4) is 0 Å². The Kier molecular flexibility index (Phi) is 9.74. The second-order valence-corrected chi connectivity index (χ2v) is 8.19. The Morgan fingerprint density at radius 2 is 2.21 bits per heavy atom. The molecule has 0 radical (unpaired) electrons. The SMILES string of the molecule is CCNC(=NCc1cccnc1N1CCCC(C(N)=O)C1)NCCCCC(C)C. The number of anilines is 1. The highest BCUT2D eigenvalue weighted by molar-refractivity contribution is 5.80. The molecular weight excluding hydrogens is 364 g/mol. The molecule has 29 heavy (non-hydrogen) atoms. The molecule has 1 aliphatic rings. The van der Waals surface area contributed by atoms with E-state index in [2.05, 4.69) is 47.4 Å². The largest absolute Gasteiger partial charge is 0.369 e. The summed E-state index contributed by atoms with van der Waals surface area (Å²) in [6, 6.07) is 4.00. The lowest BCUT2D eigenvalue weighted by atomic mass is 9.97. The number of nitrogens with one attached hydrogen (secondary N) is 2. The van der Waals surface area contributed by atoms with Gasteiger partial charge in [-0.15, -0.1) is 0 Å². The molecular formula is C22H38N6O. The summed E-state index contributed by atoms with van der Waals surface area (Å²) in [5.41, 5.74) is 6.60. The first kappa shape index (κ1) is 23.0. The van der Waals surface area contributed by atoms with E-state index in [1.165, 1.54) is 12.8 Å². The lowest BCUT2D eigenvalue weighted by Crippen LogP contribution is -2.42. The van der Waals surface area contributed by atoms with Crippen LogP contribution < -0.4 is 21.3 Å². The summed E-state index contributed by atoms with van der Waals surface area (Å²) in [6.07, 6.45) is 7.24. The molecule has 1 aromatic heterocycles. The molecule has 0 bridgehead atoms. The average Bonchev–Trinajstić information content (AvgIpc) is 2.71. The van der Waals surface area contributed by atoms with Gasteiger partial charge in [0.15, 0.2) is 5.96 Å². The topological polar surface area (TPSA) is 95.6 Å². The maximum Gasteiger partial charge on any atom is 0.222 e. The van der Waals surface area contributed by atoms with Crippen LogP contribution in [-0.2, 0) is 11.3 Å². The van der Waals surface area contributed by atoms with Crippen LogP contribution >= 0.6 is 0 Å². The van der Waals surface area contributed by atoms with Gasteiger partial charge in [-0.1, -0.05) is 32.8 Å². The Morgan fingerprint density at radius 1 is 1.38 bits per heavy atom. The normalized spacial score (nSPS) is 17.4. The van der Waals surface area contributed by atoms with Crippen molar-refractivity contribution < 1.29 is 4.79 Å². The number of amides is 1. The number of carbonyl (C=O) groups excluding carboxylic acids is 1. The van der Waals surface area contributed by atoms with Gasteiger partial charge in [-0.2, -0.15) is 0 Å². The number of aliphatic imine (C=N–C) groups is 1. The first-order valence-electron chi connectivity index (χ1n) is 11.0. The molecule has 1 unspecified atom stereocenters. The second kappa shape index (κ2) is 12.3. The van der Waals surface area contributed by atoms with Crippen LogP contribution in [0.4, 0.5) is 5.82 Å². The van der Waals surface area contributed by atoms with E-state index in [9.17, 15) is 4.79 Å². The quantitative estimate of drug-likeness (QED) is 0.318. The number of pyridine rings is 1. The third-order valence-electron chi connectivity index (χ3n) is 5.24. The fraction of sp³-hybridized carbons (Fsp3) is 0.682. The number of primary amides is 1. The maximum atomic E-state index is 11.6. The Morgan fingerprint density at radius 3 is 2.93 bits per heavy atom. The van der Waals surface area contributed by atoms with Crippen molar-refractivity contribution in [2.75, 3.05) is 31.1 Å². The van der Waals surface area contributed by atoms with Crippen molar-refractivity contribution in [1.82, 2.24) is 15.6 Å². The molecule has 1 aromatic rings. The van der Waals surface area contributed by atoms with Gasteiger partial charge in [0.05, 0.1) is 12.5 Å². The van der Waals surface area contributed by atoms with E-state index in [1.54, 1.807) is 6.20 Å². The van der Waals surface area contributed by atoms with Crippen molar-refractivity contribution in [2.24, 2.45) is 22.6 Å². The molecule has 162 valence electrons. The molecule has 2 rings (SSSR count). The van der Waals surface area contributed by atoms with E-state index in [1.807, 2.05) is 6.07 Å². The highest BCUT2D eigenvalue weighted by Crippen LogP contribution is 2.24. The molecule has 2 heterocycles. The molecule has 0 spiro atoms. The van der Waals surface area contributed by atoms with Crippen LogP contribution in [0.1, 0.15) is 58.4 Å². The number of nitrogens with two attached hydrogens (primary N) is 1. The predicted molar refractivity (Wildman–Crippen MR) is 120 cm³/mol. The fourth-order valence-corrected chi connectivity index (χ4v) is 3.63. The minimum absolute atomic E-state index is 0.105. The predicted octanol–water partition coefficient (Wildman–Crippen LogP) is 2.66. The van der Waals surface area contributed by atoms with Crippen LogP contribution in [0.2, 0.25) is 0 Å². The van der Waals surface area contributed by atoms with Gasteiger partial charge in [0.2, 0.25) is 5.91 Å². The number of piperidine rings is 1. The first-order chi connectivity index (χ1) is 14.0. The van der Waals surface area contributed by atoms with Crippen molar-refractivity contribution in [2.45, 2.75) is 59.4 Å². The number of hydrogen-bond acceptors (Lipinski definition) is 4. The van der Waals surface area contributed by atoms with Crippen molar-refractivity contribution in [1.29, 1.82) is 0 Å². The Balaban J connectivity index is 1.99. The number of nitrogens with zero attached hydrogens (tertiary/aromatic N) is 3. The number of hydrogen-bond donors (Lipinski definition) is 3. The zero-order valence-corrected chi connectivity index (χ0v) is 18.3. The zero-order chi connectivity index (χ0) is 21.1. The van der Waals surface area contributed by atoms with Gasteiger partial charge >= 0.3 is 0 Å². The number of aromatic nitrogens is 1. The Labute approximate surface area is 175 Å². The maximum absolute atomic E-state index is 11.6. The van der Waals surface area contributed by atoms with E-state index in [-0.39, 0.29) is 11.8 Å². The van der Waals surface area contributed by atoms with Gasteiger partial charge in [0.25, 0.3) is 0 Å². The third kappa shape index (κ3) is 7.91. The molecule has 1 fully saturated rings. The smallest absolute Gasteiger partial charge is 0.222 e. The Hall–Kier alpha value is -2.31. The monoisotopic (exact) mass is 402 g/mol. The van der Waals surface area contributed by atoms with Gasteiger partial charge in [0.1, 0.15) is 5.82 Å². The fourth-order valence-electron chi connectivity index (χ4n) is 3.63. The summed E-state index contributed by atoms with van der Waals surface area (Å²) in [5, 5.41) is 6.75. The van der Waals surface area contributed by atoms with Gasteiger partial charge in [0, 0.05) is 37.9 Å². The van der Waals surface area contributed by atoms with E-state index < -0.39 is 0 Å². The second-order valence-electron chi connectivity index (χ2n) is 8.19. The molecule has 1 saturated heterocycles. The standard InChI is InChI=1S/C22H38N6O/c1-4-24-22(26-12-6-5-9-17(2)3)27-15-18-10-7-13-25-21(18)28-14-8-11-19(16-28)20(23)29/h7,10,13,17,19H,4-6,8-9,11-12,14-16H2,1-3H3,(H2,23,29)(H2,24,26,27). The summed E-state index contributed by atoms with van der Waals surface area (Å²) in [7, 11) is 0. The molecule has 1 amide bonds. The van der Waals surface area contributed by atoms with E-state index in [0.29, 0.717) is 13.1 Å². The van der Waals surface area contributed by atoms with Crippen molar-refractivity contribution in [3.63, 3.8) is 0 Å². The molecule has 4 N–H and O–H groups in total. The molecule has 0 saturated carbocycles. The van der Waals surface area contributed by atoms with Crippen molar-refractivity contribution >= 4 is 17.7 Å². The van der Waals surface area contributed by atoms with E-state index in [4.69, 9.17) is 10.7 Å². The number of rotatable bonds is 10. The third-order valence-corrected chi connectivity index (χ3v) is 5.24. The molecule has 0 aromatic carbocycles. The highest BCUT2D eigenvalue weighted by Gasteiger charge is 2.25. The molecule has 0 aliphatic carbocycles. The Bertz CT molecular complexity index is 660.